The molecule has 1 aliphatic heterocycles. The topological polar surface area (TPSA) is 87.8 Å². The first kappa shape index (κ1) is 15.1. The number of benzene rings is 1. The molecule has 4 rings (SSSR count). The number of aryl methyl sites for hydroxylation is 1. The van der Waals surface area contributed by atoms with Gasteiger partial charge in [0.2, 0.25) is 6.79 Å². The van der Waals surface area contributed by atoms with Crippen molar-refractivity contribution in [3.63, 3.8) is 0 Å². The number of carbonyl (C=O) groups is 1. The lowest BCUT2D eigenvalue weighted by molar-refractivity contribution is 0.0992. The van der Waals surface area contributed by atoms with Gasteiger partial charge in [-0.25, -0.2) is 0 Å². The molecule has 0 spiro atoms. The number of nitrogens with one attached hydrogen (secondary N) is 1. The fourth-order valence-corrected chi connectivity index (χ4v) is 2.36. The van der Waals surface area contributed by atoms with Gasteiger partial charge in [0.1, 0.15) is 18.1 Å². The van der Waals surface area contributed by atoms with Gasteiger partial charge in [-0.05, 0) is 24.3 Å². The minimum atomic E-state index is -0.368. The Bertz CT molecular complexity index is 915. The monoisotopic (exact) mass is 341 g/mol. The first-order valence-corrected chi connectivity index (χ1v) is 7.59. The Balaban J connectivity index is 1.37. The van der Waals surface area contributed by atoms with Crippen LogP contribution in [-0.4, -0.2) is 22.5 Å². The summed E-state index contributed by atoms with van der Waals surface area (Å²) >= 11 is 0. The number of hydrogen-bond donors (Lipinski definition) is 1. The van der Waals surface area contributed by atoms with Crippen molar-refractivity contribution >= 4 is 11.7 Å². The first-order chi connectivity index (χ1) is 12.2. The quantitative estimate of drug-likeness (QED) is 0.767. The standard InChI is InChI=1S/C17H15N3O5/c1-20-7-6-16(19-20)18-17(21)14-5-3-12(25-14)9-22-11-2-4-13-15(8-11)24-10-23-13/h2-8H,9-10H2,1H3,(H,18,19,21). The van der Waals surface area contributed by atoms with E-state index in [0.29, 0.717) is 28.8 Å². The maximum absolute atomic E-state index is 12.1. The van der Waals surface area contributed by atoms with E-state index >= 15 is 0 Å². The molecule has 2 aromatic heterocycles. The maximum atomic E-state index is 12.1. The van der Waals surface area contributed by atoms with Gasteiger partial charge in [-0.3, -0.25) is 9.48 Å². The number of aromatic nitrogens is 2. The van der Waals surface area contributed by atoms with Gasteiger partial charge in [0.15, 0.2) is 23.1 Å². The zero-order chi connectivity index (χ0) is 17.2. The van der Waals surface area contributed by atoms with Crippen molar-refractivity contribution in [2.45, 2.75) is 6.61 Å². The van der Waals surface area contributed by atoms with Crippen LogP contribution in [0.3, 0.4) is 0 Å². The van der Waals surface area contributed by atoms with Gasteiger partial charge in [-0.15, -0.1) is 0 Å². The largest absolute Gasteiger partial charge is 0.486 e. The molecule has 1 aromatic carbocycles. The molecule has 0 bridgehead atoms. The number of anilines is 1. The van der Waals surface area contributed by atoms with Gasteiger partial charge < -0.3 is 23.9 Å². The van der Waals surface area contributed by atoms with Gasteiger partial charge in [-0.1, -0.05) is 0 Å². The van der Waals surface area contributed by atoms with Gasteiger partial charge in [0.25, 0.3) is 5.91 Å². The van der Waals surface area contributed by atoms with Crippen LogP contribution in [0.1, 0.15) is 16.3 Å². The van der Waals surface area contributed by atoms with Crippen LogP contribution in [0.5, 0.6) is 17.2 Å². The molecule has 0 atom stereocenters. The highest BCUT2D eigenvalue weighted by atomic mass is 16.7. The molecule has 8 heteroatoms. The summed E-state index contributed by atoms with van der Waals surface area (Å²) in [6.45, 7) is 0.405. The summed E-state index contributed by atoms with van der Waals surface area (Å²) in [4.78, 5) is 12.1. The number of nitrogens with zero attached hydrogens (tertiary/aromatic N) is 2. The summed E-state index contributed by atoms with van der Waals surface area (Å²) in [6.07, 6.45) is 1.74. The van der Waals surface area contributed by atoms with Gasteiger partial charge in [0.05, 0.1) is 0 Å². The summed E-state index contributed by atoms with van der Waals surface area (Å²) in [7, 11) is 1.77. The highest BCUT2D eigenvalue weighted by Crippen LogP contribution is 2.35. The number of amides is 1. The second-order valence-electron chi connectivity index (χ2n) is 5.40. The molecule has 3 heterocycles. The number of rotatable bonds is 5. The molecule has 0 unspecified atom stereocenters. The van der Waals surface area contributed by atoms with E-state index in [2.05, 4.69) is 10.4 Å². The Morgan fingerprint density at radius 3 is 2.96 bits per heavy atom. The molecule has 3 aromatic rings. The fourth-order valence-electron chi connectivity index (χ4n) is 2.36. The third-order valence-electron chi connectivity index (χ3n) is 3.57. The summed E-state index contributed by atoms with van der Waals surface area (Å²) < 4.78 is 23.3. The maximum Gasteiger partial charge on any atom is 0.292 e. The van der Waals surface area contributed by atoms with Gasteiger partial charge >= 0.3 is 0 Å². The lowest BCUT2D eigenvalue weighted by Gasteiger charge is -2.05. The molecule has 8 nitrogen and oxygen atoms in total. The average molecular weight is 341 g/mol. The molecule has 0 saturated heterocycles. The van der Waals surface area contributed by atoms with Crippen LogP contribution in [0.2, 0.25) is 0 Å². The van der Waals surface area contributed by atoms with E-state index in [0.717, 1.165) is 0 Å². The van der Waals surface area contributed by atoms with Crippen molar-refractivity contribution < 1.29 is 23.4 Å². The van der Waals surface area contributed by atoms with Crippen molar-refractivity contribution in [2.75, 3.05) is 12.1 Å². The molecule has 0 saturated carbocycles. The minimum absolute atomic E-state index is 0.190. The van der Waals surface area contributed by atoms with E-state index in [4.69, 9.17) is 18.6 Å². The van der Waals surface area contributed by atoms with Crippen LogP contribution in [0, 0.1) is 0 Å². The van der Waals surface area contributed by atoms with E-state index in [1.165, 1.54) is 0 Å². The number of furan rings is 1. The smallest absolute Gasteiger partial charge is 0.292 e. The molecule has 1 N–H and O–H groups in total. The third kappa shape index (κ3) is 3.27. The molecular weight excluding hydrogens is 326 g/mol. The number of hydrogen-bond acceptors (Lipinski definition) is 6. The predicted molar refractivity (Wildman–Crippen MR) is 86.8 cm³/mol. The predicted octanol–water partition coefficient (Wildman–Crippen LogP) is 2.57. The highest BCUT2D eigenvalue weighted by molar-refractivity contribution is 6.01. The molecule has 1 amide bonds. The second kappa shape index (κ2) is 6.23. The molecular formula is C17H15N3O5. The van der Waals surface area contributed by atoms with Gasteiger partial charge in [0, 0.05) is 25.4 Å². The average Bonchev–Trinajstić information content (AvgIpc) is 3.33. The second-order valence-corrected chi connectivity index (χ2v) is 5.40. The van der Waals surface area contributed by atoms with Gasteiger partial charge in [-0.2, -0.15) is 5.10 Å². The van der Waals surface area contributed by atoms with Crippen molar-refractivity contribution in [1.82, 2.24) is 9.78 Å². The van der Waals surface area contributed by atoms with Crippen LogP contribution >= 0.6 is 0 Å². The fraction of sp³-hybridized carbons (Fsp3) is 0.176. The number of ether oxygens (including phenoxy) is 3. The molecule has 0 radical (unpaired) electrons. The van der Waals surface area contributed by atoms with Crippen molar-refractivity contribution in [3.8, 4) is 17.2 Å². The number of carbonyl (C=O) groups excluding carboxylic acids is 1. The lowest BCUT2D eigenvalue weighted by atomic mass is 10.3. The molecule has 25 heavy (non-hydrogen) atoms. The Hall–Kier alpha value is -3.42. The van der Waals surface area contributed by atoms with Crippen LogP contribution in [0.15, 0.2) is 47.0 Å². The SMILES string of the molecule is Cn1ccc(NC(=O)c2ccc(COc3ccc4c(c3)OCO4)o2)n1. The highest BCUT2D eigenvalue weighted by Gasteiger charge is 2.15. The zero-order valence-corrected chi connectivity index (χ0v) is 13.4. The normalized spacial score (nSPS) is 12.2. The number of fused-ring (bicyclic) bond motifs is 1. The molecule has 0 aliphatic carbocycles. The Morgan fingerprint density at radius 1 is 1.24 bits per heavy atom. The van der Waals surface area contributed by atoms with Crippen molar-refractivity contribution in [1.29, 1.82) is 0 Å². The van der Waals surface area contributed by atoms with E-state index in [1.807, 2.05) is 0 Å². The molecule has 1 aliphatic rings. The Labute approximate surface area is 142 Å². The summed E-state index contributed by atoms with van der Waals surface area (Å²) in [6, 6.07) is 10.3. The molecule has 0 fully saturated rings. The van der Waals surface area contributed by atoms with Crippen molar-refractivity contribution in [2.24, 2.45) is 7.05 Å². The van der Waals surface area contributed by atoms with Crippen LogP contribution in [-0.2, 0) is 13.7 Å². The van der Waals surface area contributed by atoms with Crippen LogP contribution in [0.25, 0.3) is 0 Å². The summed E-state index contributed by atoms with van der Waals surface area (Å²) in [5.74, 6) is 2.78. The zero-order valence-electron chi connectivity index (χ0n) is 13.4. The summed E-state index contributed by atoms with van der Waals surface area (Å²) in [5, 5.41) is 6.74. The minimum Gasteiger partial charge on any atom is -0.486 e. The lowest BCUT2D eigenvalue weighted by Crippen LogP contribution is -2.11. The summed E-state index contributed by atoms with van der Waals surface area (Å²) in [5.41, 5.74) is 0. The molecule has 128 valence electrons. The van der Waals surface area contributed by atoms with Crippen molar-refractivity contribution in [3.05, 3.63) is 54.1 Å². The van der Waals surface area contributed by atoms with Crippen LogP contribution in [0.4, 0.5) is 5.82 Å². The third-order valence-corrected chi connectivity index (χ3v) is 3.57. The first-order valence-electron chi connectivity index (χ1n) is 7.59. The van der Waals surface area contributed by atoms with Crippen LogP contribution < -0.4 is 19.5 Å². The van der Waals surface area contributed by atoms with E-state index in [-0.39, 0.29) is 25.1 Å². The van der Waals surface area contributed by atoms with E-state index in [1.54, 1.807) is 54.3 Å². The van der Waals surface area contributed by atoms with E-state index < -0.39 is 0 Å². The Kier molecular flexibility index (Phi) is 3.77. The van der Waals surface area contributed by atoms with E-state index in [9.17, 15) is 4.79 Å². The Morgan fingerprint density at radius 2 is 2.12 bits per heavy atom.